The molecule has 0 amide bonds. The van der Waals surface area contributed by atoms with Gasteiger partial charge < -0.3 is 39.2 Å². The van der Waals surface area contributed by atoms with Crippen LogP contribution in [0.2, 0.25) is 0 Å². The van der Waals surface area contributed by atoms with Gasteiger partial charge in [0.15, 0.2) is 0 Å². The molecule has 26 heavy (non-hydrogen) atoms. The van der Waals surface area contributed by atoms with Crippen LogP contribution in [0.3, 0.4) is 0 Å². The van der Waals surface area contributed by atoms with E-state index in [9.17, 15) is 9.90 Å². The number of carbonyl (C=O) groups excluding carboxylic acids is 1. The molecule has 0 aliphatic rings. The van der Waals surface area contributed by atoms with Crippen LogP contribution in [-0.4, -0.2) is 5.97 Å². The van der Waals surface area contributed by atoms with Gasteiger partial charge in [-0.25, -0.2) is 0 Å². The monoisotopic (exact) mass is 440 g/mol. The lowest BCUT2D eigenvalue weighted by Gasteiger charge is -2.17. The minimum atomic E-state index is -0.904. The van der Waals surface area contributed by atoms with E-state index in [0.717, 1.165) is 12.8 Å². The van der Waals surface area contributed by atoms with E-state index in [1.807, 2.05) is 0 Å². The van der Waals surface area contributed by atoms with Crippen LogP contribution in [0, 0.1) is 5.41 Å². The molecule has 0 atom stereocenters. The maximum absolute atomic E-state index is 10.3. The van der Waals surface area contributed by atoms with Crippen molar-refractivity contribution in [2.45, 2.75) is 124 Å². The molecule has 0 aromatic heterocycles. The SMILES string of the molecule is CC(C)(C)CCCCCCCCCCCCCCCCC(=O)[O-].[Br-].[NH4+].[NH4+]. The Kier molecular flexibility index (Phi) is 29.5. The topological polar surface area (TPSA) is 113 Å². The number of aliphatic carboxylic acids is 1. The van der Waals surface area contributed by atoms with E-state index in [1.54, 1.807) is 0 Å². The van der Waals surface area contributed by atoms with E-state index < -0.39 is 5.97 Å². The minimum Gasteiger partial charge on any atom is -1.00 e. The number of halogens is 1. The third-order valence-corrected chi connectivity index (χ3v) is 4.56. The maximum Gasteiger partial charge on any atom is 0.0414 e. The quantitative estimate of drug-likeness (QED) is 0.355. The molecule has 0 fully saturated rings. The Balaban J connectivity index is -0.000000807. The van der Waals surface area contributed by atoms with E-state index in [0.29, 0.717) is 5.41 Å². The molecule has 0 aliphatic carbocycles. The molecule has 0 saturated carbocycles. The van der Waals surface area contributed by atoms with E-state index in [4.69, 9.17) is 0 Å². The van der Waals surface area contributed by atoms with Crippen molar-refractivity contribution in [3.8, 4) is 0 Å². The van der Waals surface area contributed by atoms with Crippen LogP contribution in [-0.2, 0) is 4.79 Å². The van der Waals surface area contributed by atoms with Gasteiger partial charge in [-0.2, -0.15) is 0 Å². The molecule has 4 nitrogen and oxygen atoms in total. The summed E-state index contributed by atoms with van der Waals surface area (Å²) in [5.74, 6) is -0.904. The highest BCUT2D eigenvalue weighted by molar-refractivity contribution is 5.63. The van der Waals surface area contributed by atoms with Crippen LogP contribution in [0.4, 0.5) is 0 Å². The Bertz CT molecular complexity index is 282. The Morgan fingerprint density at radius 3 is 1.15 bits per heavy atom. The number of unbranched alkanes of at least 4 members (excludes halogenated alkanes) is 13. The van der Waals surface area contributed by atoms with Gasteiger partial charge in [0.2, 0.25) is 0 Å². The molecular weight excluding hydrogens is 392 g/mol. The molecule has 0 rings (SSSR count). The molecule has 0 aromatic rings. The lowest BCUT2D eigenvalue weighted by Crippen LogP contribution is -3.00. The second-order valence-electron chi connectivity index (χ2n) is 8.38. The predicted octanol–water partition coefficient (Wildman–Crippen LogP) is 3.78. The van der Waals surface area contributed by atoms with Gasteiger partial charge in [-0.3, -0.25) is 0 Å². The van der Waals surface area contributed by atoms with Crippen LogP contribution in [0.15, 0.2) is 0 Å². The van der Waals surface area contributed by atoms with Crippen molar-refractivity contribution in [3.63, 3.8) is 0 Å². The molecule has 0 unspecified atom stereocenters. The van der Waals surface area contributed by atoms with E-state index in [-0.39, 0.29) is 35.7 Å². The average molecular weight is 442 g/mol. The second kappa shape index (κ2) is 22.9. The normalized spacial score (nSPS) is 10.4. The Labute approximate surface area is 174 Å². The van der Waals surface area contributed by atoms with Crippen molar-refractivity contribution < 1.29 is 26.9 Å². The zero-order chi connectivity index (χ0) is 17.4. The molecule has 5 heteroatoms. The fourth-order valence-corrected chi connectivity index (χ4v) is 3.05. The summed E-state index contributed by atoms with van der Waals surface area (Å²) in [7, 11) is 0. The number of rotatable bonds is 16. The zero-order valence-electron chi connectivity index (χ0n) is 18.5. The van der Waals surface area contributed by atoms with Crippen LogP contribution >= 0.6 is 0 Å². The Morgan fingerprint density at radius 1 is 0.615 bits per heavy atom. The highest BCUT2D eigenvalue weighted by atomic mass is 79.9. The standard InChI is InChI=1S/C21H42O2.BrH.2H3N/c1-21(2,3)19-17-15-13-11-9-7-5-4-6-8-10-12-14-16-18-20(22)23;;;/h4-19H2,1-3H3,(H,22,23);1H;2*1H3. The van der Waals surface area contributed by atoms with Crippen molar-refractivity contribution >= 4 is 5.97 Å². The first-order valence-electron chi connectivity index (χ1n) is 10.1. The molecular formula is C21H49BrN2O2. The Hall–Kier alpha value is -0.130. The van der Waals surface area contributed by atoms with Crippen molar-refractivity contribution in [3.05, 3.63) is 0 Å². The average Bonchev–Trinajstić information content (AvgIpc) is 2.45. The fourth-order valence-electron chi connectivity index (χ4n) is 3.05. The van der Waals surface area contributed by atoms with E-state index in [1.165, 1.54) is 83.5 Å². The number of carbonyl (C=O) groups is 1. The van der Waals surface area contributed by atoms with Crippen LogP contribution in [0.25, 0.3) is 0 Å². The summed E-state index contributed by atoms with van der Waals surface area (Å²) in [4.78, 5) is 10.3. The highest BCUT2D eigenvalue weighted by Gasteiger charge is 2.08. The Morgan fingerprint density at radius 2 is 0.885 bits per heavy atom. The van der Waals surface area contributed by atoms with Gasteiger partial charge in [-0.15, -0.1) is 0 Å². The largest absolute Gasteiger partial charge is 1.00 e. The smallest absolute Gasteiger partial charge is 0.0414 e. The van der Waals surface area contributed by atoms with Crippen LogP contribution in [0.5, 0.6) is 0 Å². The van der Waals surface area contributed by atoms with E-state index in [2.05, 4.69) is 20.8 Å². The molecule has 0 aromatic carbocycles. The molecule has 162 valence electrons. The van der Waals surface area contributed by atoms with Gasteiger partial charge in [-0.05, 0) is 24.7 Å². The van der Waals surface area contributed by atoms with Gasteiger partial charge in [-0.1, -0.05) is 104 Å². The van der Waals surface area contributed by atoms with Gasteiger partial charge >= 0.3 is 0 Å². The number of quaternary nitrogens is 2. The first-order valence-corrected chi connectivity index (χ1v) is 10.1. The summed E-state index contributed by atoms with van der Waals surface area (Å²) >= 11 is 0. The fraction of sp³-hybridized carbons (Fsp3) is 0.952. The lowest BCUT2D eigenvalue weighted by molar-refractivity contribution is -0.305. The predicted molar refractivity (Wildman–Crippen MR) is 110 cm³/mol. The summed E-state index contributed by atoms with van der Waals surface area (Å²) in [6, 6.07) is 0. The number of hydrogen-bond donors (Lipinski definition) is 2. The first kappa shape index (κ1) is 33.5. The molecule has 0 radical (unpaired) electrons. The first-order chi connectivity index (χ1) is 10.9. The van der Waals surface area contributed by atoms with Crippen molar-refractivity contribution in [2.24, 2.45) is 5.41 Å². The molecule has 0 saturated heterocycles. The van der Waals surface area contributed by atoms with E-state index >= 15 is 0 Å². The summed E-state index contributed by atoms with van der Waals surface area (Å²) in [5.41, 5.74) is 0.507. The third-order valence-electron chi connectivity index (χ3n) is 4.56. The summed E-state index contributed by atoms with van der Waals surface area (Å²) in [6.45, 7) is 7.00. The number of carboxylic acid groups (broad SMARTS) is 1. The van der Waals surface area contributed by atoms with Crippen molar-refractivity contribution in [1.82, 2.24) is 12.3 Å². The maximum atomic E-state index is 10.3. The molecule has 0 bridgehead atoms. The van der Waals surface area contributed by atoms with Gasteiger partial charge in [0, 0.05) is 5.97 Å². The number of hydrogen-bond acceptors (Lipinski definition) is 2. The second-order valence-corrected chi connectivity index (χ2v) is 8.38. The van der Waals surface area contributed by atoms with Crippen LogP contribution in [0.1, 0.15) is 124 Å². The molecule has 0 aliphatic heterocycles. The molecule has 0 heterocycles. The van der Waals surface area contributed by atoms with Crippen LogP contribution < -0.4 is 34.4 Å². The highest BCUT2D eigenvalue weighted by Crippen LogP contribution is 2.22. The van der Waals surface area contributed by atoms with Gasteiger partial charge in [0.1, 0.15) is 0 Å². The van der Waals surface area contributed by atoms with Gasteiger partial charge in [0.05, 0.1) is 0 Å². The summed E-state index contributed by atoms with van der Waals surface area (Å²) in [5, 5.41) is 10.3. The number of carboxylic acids is 1. The van der Waals surface area contributed by atoms with Gasteiger partial charge in [0.25, 0.3) is 0 Å². The molecule has 8 N–H and O–H groups in total. The lowest BCUT2D eigenvalue weighted by atomic mass is 9.89. The van der Waals surface area contributed by atoms with Crippen molar-refractivity contribution in [1.29, 1.82) is 0 Å². The van der Waals surface area contributed by atoms with Crippen molar-refractivity contribution in [2.75, 3.05) is 0 Å². The summed E-state index contributed by atoms with van der Waals surface area (Å²) < 4.78 is 0. The zero-order valence-corrected chi connectivity index (χ0v) is 20.1. The third kappa shape index (κ3) is 31.6. The summed E-state index contributed by atoms with van der Waals surface area (Å²) in [6.07, 6.45) is 19.8. The minimum absolute atomic E-state index is 0. The molecule has 0 spiro atoms.